The van der Waals surface area contributed by atoms with Crippen LogP contribution in [0.25, 0.3) is 0 Å². The number of morpholine rings is 1. The summed E-state index contributed by atoms with van der Waals surface area (Å²) in [5, 5.41) is 3.06. The average Bonchev–Trinajstić information content (AvgIpc) is 2.28. The van der Waals surface area contributed by atoms with Crippen LogP contribution in [0.2, 0.25) is 0 Å². The van der Waals surface area contributed by atoms with Crippen LogP contribution in [0.3, 0.4) is 0 Å². The van der Waals surface area contributed by atoms with Gasteiger partial charge in [0.05, 0.1) is 12.2 Å². The molecule has 0 radical (unpaired) electrons. The van der Waals surface area contributed by atoms with E-state index in [0.29, 0.717) is 0 Å². The fourth-order valence-corrected chi connectivity index (χ4v) is 2.14. The predicted molar refractivity (Wildman–Crippen MR) is 66.0 cm³/mol. The number of ether oxygens (including phenoxy) is 1. The molecule has 0 aromatic carbocycles. The van der Waals surface area contributed by atoms with Crippen LogP contribution in [0.15, 0.2) is 18.3 Å². The lowest BCUT2D eigenvalue weighted by Crippen LogP contribution is -2.45. The molecule has 0 aliphatic carbocycles. The van der Waals surface area contributed by atoms with Gasteiger partial charge in [-0.3, -0.25) is 0 Å². The van der Waals surface area contributed by atoms with Crippen molar-refractivity contribution in [2.75, 3.05) is 30.4 Å². The molecular weight excluding hydrogens is 202 g/mol. The third-order valence-corrected chi connectivity index (χ3v) is 2.78. The smallest absolute Gasteiger partial charge is 0.127 e. The highest BCUT2D eigenvalue weighted by molar-refractivity contribution is 5.54. The van der Waals surface area contributed by atoms with Gasteiger partial charge in [-0.1, -0.05) is 0 Å². The van der Waals surface area contributed by atoms with E-state index in [-0.39, 0.29) is 12.2 Å². The Labute approximate surface area is 96.6 Å². The van der Waals surface area contributed by atoms with Crippen molar-refractivity contribution in [1.82, 2.24) is 4.98 Å². The fourth-order valence-electron chi connectivity index (χ4n) is 2.14. The Balaban J connectivity index is 2.16. The molecule has 0 saturated carbocycles. The van der Waals surface area contributed by atoms with Crippen molar-refractivity contribution in [3.8, 4) is 0 Å². The highest BCUT2D eigenvalue weighted by Crippen LogP contribution is 2.21. The lowest BCUT2D eigenvalue weighted by atomic mass is 10.2. The second kappa shape index (κ2) is 4.70. The Hall–Kier alpha value is -1.29. The van der Waals surface area contributed by atoms with Crippen LogP contribution in [0.1, 0.15) is 13.8 Å². The monoisotopic (exact) mass is 221 g/mol. The summed E-state index contributed by atoms with van der Waals surface area (Å²) in [6.45, 7) is 6.11. The molecule has 1 aliphatic heterocycles. The Kier molecular flexibility index (Phi) is 3.29. The molecule has 1 aromatic rings. The van der Waals surface area contributed by atoms with E-state index in [1.54, 1.807) is 0 Å². The van der Waals surface area contributed by atoms with Crippen LogP contribution in [-0.2, 0) is 4.74 Å². The first kappa shape index (κ1) is 11.2. The second-order valence-corrected chi connectivity index (χ2v) is 4.31. The van der Waals surface area contributed by atoms with Crippen molar-refractivity contribution in [2.45, 2.75) is 26.1 Å². The number of anilines is 2. The van der Waals surface area contributed by atoms with E-state index in [4.69, 9.17) is 4.74 Å². The van der Waals surface area contributed by atoms with Gasteiger partial charge in [-0.15, -0.1) is 0 Å². The molecule has 0 bridgehead atoms. The zero-order valence-electron chi connectivity index (χ0n) is 10.1. The average molecular weight is 221 g/mol. The van der Waals surface area contributed by atoms with Gasteiger partial charge in [0, 0.05) is 38.1 Å². The lowest BCUT2D eigenvalue weighted by molar-refractivity contribution is -0.00521. The molecule has 1 N–H and O–H groups in total. The largest absolute Gasteiger partial charge is 0.373 e. The van der Waals surface area contributed by atoms with Crippen LogP contribution >= 0.6 is 0 Å². The maximum absolute atomic E-state index is 5.72. The number of aromatic nitrogens is 1. The topological polar surface area (TPSA) is 37.4 Å². The number of nitrogens with one attached hydrogen (secondary N) is 1. The third-order valence-electron chi connectivity index (χ3n) is 2.78. The molecule has 0 spiro atoms. The van der Waals surface area contributed by atoms with E-state index in [2.05, 4.69) is 35.1 Å². The molecule has 2 heterocycles. The number of pyridine rings is 1. The molecule has 1 aliphatic rings. The molecular formula is C12H19N3O. The quantitative estimate of drug-likeness (QED) is 0.825. The highest BCUT2D eigenvalue weighted by Gasteiger charge is 2.22. The summed E-state index contributed by atoms with van der Waals surface area (Å²) in [7, 11) is 1.89. The van der Waals surface area contributed by atoms with Gasteiger partial charge in [0.1, 0.15) is 5.82 Å². The Morgan fingerprint density at radius 1 is 1.38 bits per heavy atom. The molecule has 1 saturated heterocycles. The lowest BCUT2D eigenvalue weighted by Gasteiger charge is -2.36. The Morgan fingerprint density at radius 2 is 2.06 bits per heavy atom. The summed E-state index contributed by atoms with van der Waals surface area (Å²) in [6, 6.07) is 4.12. The molecule has 2 atom stereocenters. The van der Waals surface area contributed by atoms with Crippen molar-refractivity contribution in [3.05, 3.63) is 18.3 Å². The molecule has 1 aromatic heterocycles. The molecule has 88 valence electrons. The minimum absolute atomic E-state index is 0.287. The maximum Gasteiger partial charge on any atom is 0.127 e. The number of hydrogen-bond donors (Lipinski definition) is 1. The summed E-state index contributed by atoms with van der Waals surface area (Å²) in [5.74, 6) is 0.907. The van der Waals surface area contributed by atoms with E-state index in [9.17, 15) is 0 Å². The standard InChI is InChI=1S/C12H19N3O/c1-9-7-15(8-10(2)16-9)11-4-5-14-12(6-11)13-3/h4-6,9-10H,7-8H2,1-3H3,(H,13,14). The van der Waals surface area contributed by atoms with Crippen LogP contribution in [0.4, 0.5) is 11.5 Å². The zero-order chi connectivity index (χ0) is 11.5. The minimum atomic E-state index is 0.287. The van der Waals surface area contributed by atoms with Crippen molar-refractivity contribution < 1.29 is 4.74 Å². The molecule has 4 nitrogen and oxygen atoms in total. The number of rotatable bonds is 2. The van der Waals surface area contributed by atoms with Crippen molar-refractivity contribution >= 4 is 11.5 Å². The van der Waals surface area contributed by atoms with Gasteiger partial charge < -0.3 is 15.0 Å². The summed E-state index contributed by atoms with van der Waals surface area (Å²) in [4.78, 5) is 6.57. The highest BCUT2D eigenvalue weighted by atomic mass is 16.5. The first-order chi connectivity index (χ1) is 7.69. The van der Waals surface area contributed by atoms with E-state index >= 15 is 0 Å². The first-order valence-electron chi connectivity index (χ1n) is 5.73. The molecule has 16 heavy (non-hydrogen) atoms. The normalized spacial score (nSPS) is 25.6. The van der Waals surface area contributed by atoms with Gasteiger partial charge in [0.2, 0.25) is 0 Å². The van der Waals surface area contributed by atoms with Gasteiger partial charge >= 0.3 is 0 Å². The number of nitrogens with zero attached hydrogens (tertiary/aromatic N) is 2. The number of hydrogen-bond acceptors (Lipinski definition) is 4. The Morgan fingerprint density at radius 3 is 2.69 bits per heavy atom. The van der Waals surface area contributed by atoms with Crippen molar-refractivity contribution in [3.63, 3.8) is 0 Å². The van der Waals surface area contributed by atoms with E-state index in [0.717, 1.165) is 18.9 Å². The summed E-state index contributed by atoms with van der Waals surface area (Å²) >= 11 is 0. The van der Waals surface area contributed by atoms with Gasteiger partial charge in [-0.2, -0.15) is 0 Å². The van der Waals surface area contributed by atoms with Crippen LogP contribution in [0.5, 0.6) is 0 Å². The summed E-state index contributed by atoms with van der Waals surface area (Å²) in [6.07, 6.45) is 2.41. The fraction of sp³-hybridized carbons (Fsp3) is 0.583. The SMILES string of the molecule is CNc1cc(N2CC(C)OC(C)C2)ccn1. The van der Waals surface area contributed by atoms with Gasteiger partial charge in [-0.25, -0.2) is 4.98 Å². The van der Waals surface area contributed by atoms with E-state index in [1.807, 2.05) is 19.3 Å². The zero-order valence-corrected chi connectivity index (χ0v) is 10.1. The second-order valence-electron chi connectivity index (χ2n) is 4.31. The summed E-state index contributed by atoms with van der Waals surface area (Å²) in [5.41, 5.74) is 1.21. The van der Waals surface area contributed by atoms with Gasteiger partial charge in [0.25, 0.3) is 0 Å². The van der Waals surface area contributed by atoms with Crippen molar-refractivity contribution in [2.24, 2.45) is 0 Å². The predicted octanol–water partition coefficient (Wildman–Crippen LogP) is 1.74. The maximum atomic E-state index is 5.72. The van der Waals surface area contributed by atoms with E-state index < -0.39 is 0 Å². The molecule has 2 unspecified atom stereocenters. The van der Waals surface area contributed by atoms with Crippen LogP contribution in [-0.4, -0.2) is 37.3 Å². The third kappa shape index (κ3) is 2.44. The minimum Gasteiger partial charge on any atom is -0.373 e. The molecule has 2 rings (SSSR count). The van der Waals surface area contributed by atoms with Gasteiger partial charge in [-0.05, 0) is 19.9 Å². The van der Waals surface area contributed by atoms with Crippen LogP contribution < -0.4 is 10.2 Å². The van der Waals surface area contributed by atoms with Crippen LogP contribution in [0, 0.1) is 0 Å². The van der Waals surface area contributed by atoms with Crippen molar-refractivity contribution in [1.29, 1.82) is 0 Å². The summed E-state index contributed by atoms with van der Waals surface area (Å²) < 4.78 is 5.72. The molecule has 1 fully saturated rings. The Bertz CT molecular complexity index is 346. The van der Waals surface area contributed by atoms with Gasteiger partial charge in [0.15, 0.2) is 0 Å². The van der Waals surface area contributed by atoms with E-state index in [1.165, 1.54) is 5.69 Å². The molecule has 0 amide bonds. The first-order valence-corrected chi connectivity index (χ1v) is 5.73. The molecule has 4 heteroatoms.